The van der Waals surface area contributed by atoms with Gasteiger partial charge in [-0.05, 0) is 44.4 Å². The summed E-state index contributed by atoms with van der Waals surface area (Å²) in [4.78, 5) is 8.37. The lowest BCUT2D eigenvalue weighted by Crippen LogP contribution is -1.99. The van der Waals surface area contributed by atoms with Crippen LogP contribution in [-0.4, -0.2) is 22.3 Å². The third-order valence-electron chi connectivity index (χ3n) is 2.90. The zero-order valence-corrected chi connectivity index (χ0v) is 12.8. The van der Waals surface area contributed by atoms with Gasteiger partial charge in [0.25, 0.3) is 0 Å². The minimum absolute atomic E-state index is 0.764. The summed E-state index contributed by atoms with van der Waals surface area (Å²) in [6.07, 6.45) is 5.71. The second-order valence-electron chi connectivity index (χ2n) is 4.70. The average Bonchev–Trinajstić information content (AvgIpc) is 2.46. The lowest BCUT2D eigenvalue weighted by molar-refractivity contribution is 0.308. The number of unbranched alkanes of at least 4 members (excludes halogenated alkanes) is 1. The molecule has 0 N–H and O–H groups in total. The number of nitrogens with zero attached hydrogens (tertiary/aromatic N) is 2. The van der Waals surface area contributed by atoms with E-state index in [0.717, 1.165) is 36.1 Å². The molecule has 106 valence electrons. The van der Waals surface area contributed by atoms with Crippen molar-refractivity contribution in [2.75, 3.05) is 12.4 Å². The molecular formula is C16H20N2OS. The Labute approximate surface area is 124 Å². The Bertz CT molecular complexity index is 531. The molecule has 0 fully saturated rings. The van der Waals surface area contributed by atoms with Crippen molar-refractivity contribution in [3.05, 3.63) is 47.8 Å². The molecular weight excluding hydrogens is 268 g/mol. The molecule has 0 spiro atoms. The molecule has 3 nitrogen and oxygen atoms in total. The van der Waals surface area contributed by atoms with Gasteiger partial charge in [-0.2, -0.15) is 0 Å². The van der Waals surface area contributed by atoms with E-state index >= 15 is 0 Å². The van der Waals surface area contributed by atoms with Crippen molar-refractivity contribution >= 4 is 11.8 Å². The van der Waals surface area contributed by atoms with E-state index in [9.17, 15) is 0 Å². The number of hydrogen-bond acceptors (Lipinski definition) is 4. The van der Waals surface area contributed by atoms with Crippen molar-refractivity contribution in [3.63, 3.8) is 0 Å². The quantitative estimate of drug-likeness (QED) is 0.437. The Morgan fingerprint density at radius 2 is 1.90 bits per heavy atom. The Kier molecular flexibility index (Phi) is 5.87. The first-order chi connectivity index (χ1) is 9.75. The van der Waals surface area contributed by atoms with E-state index in [1.165, 1.54) is 11.1 Å². The molecule has 1 aromatic carbocycles. The van der Waals surface area contributed by atoms with Crippen molar-refractivity contribution in [2.24, 2.45) is 0 Å². The number of aromatic nitrogens is 2. The van der Waals surface area contributed by atoms with Crippen molar-refractivity contribution in [2.45, 2.75) is 31.8 Å². The molecule has 0 radical (unpaired) electrons. The number of hydrogen-bond donors (Lipinski definition) is 0. The van der Waals surface area contributed by atoms with Crippen LogP contribution >= 0.6 is 11.8 Å². The summed E-state index contributed by atoms with van der Waals surface area (Å²) in [5, 5.41) is 0.850. The summed E-state index contributed by atoms with van der Waals surface area (Å²) < 4.78 is 5.80. The van der Waals surface area contributed by atoms with Crippen molar-refractivity contribution < 1.29 is 4.74 Å². The van der Waals surface area contributed by atoms with Gasteiger partial charge in [0, 0.05) is 18.1 Å². The third-order valence-corrected chi connectivity index (χ3v) is 3.86. The molecule has 0 aliphatic rings. The van der Waals surface area contributed by atoms with Crippen LogP contribution in [0.25, 0.3) is 0 Å². The summed E-state index contributed by atoms with van der Waals surface area (Å²) in [6.45, 7) is 4.95. The summed E-state index contributed by atoms with van der Waals surface area (Å²) in [6, 6.07) is 8.13. The zero-order valence-electron chi connectivity index (χ0n) is 12.0. The zero-order chi connectivity index (χ0) is 14.2. The monoisotopic (exact) mass is 288 g/mol. The van der Waals surface area contributed by atoms with Gasteiger partial charge in [-0.1, -0.05) is 29.5 Å². The Hall–Kier alpha value is -1.55. The number of rotatable bonds is 7. The fourth-order valence-corrected chi connectivity index (χ4v) is 2.67. The van der Waals surface area contributed by atoms with E-state index in [1.807, 2.05) is 6.07 Å². The van der Waals surface area contributed by atoms with Gasteiger partial charge in [0.2, 0.25) is 0 Å². The van der Waals surface area contributed by atoms with Crippen LogP contribution in [-0.2, 0) is 0 Å². The highest BCUT2D eigenvalue weighted by molar-refractivity contribution is 7.99. The number of benzene rings is 1. The highest BCUT2D eigenvalue weighted by Crippen LogP contribution is 2.19. The predicted molar refractivity (Wildman–Crippen MR) is 83.4 cm³/mol. The molecule has 0 aliphatic carbocycles. The highest BCUT2D eigenvalue weighted by Gasteiger charge is 2.00. The van der Waals surface area contributed by atoms with Crippen molar-refractivity contribution in [1.29, 1.82) is 0 Å². The molecule has 4 heteroatoms. The number of aryl methyl sites for hydroxylation is 2. The maximum Gasteiger partial charge on any atom is 0.187 e. The van der Waals surface area contributed by atoms with E-state index in [0.29, 0.717) is 0 Å². The first-order valence-corrected chi connectivity index (χ1v) is 7.84. The molecule has 0 atom stereocenters. The third kappa shape index (κ3) is 4.85. The predicted octanol–water partition coefficient (Wildman–Crippen LogP) is 4.04. The first kappa shape index (κ1) is 14.9. The van der Waals surface area contributed by atoms with Crippen LogP contribution in [0.5, 0.6) is 5.75 Å². The van der Waals surface area contributed by atoms with E-state index < -0.39 is 0 Å². The fraction of sp³-hybridized carbons (Fsp3) is 0.375. The summed E-state index contributed by atoms with van der Waals surface area (Å²) in [5.41, 5.74) is 2.48. The SMILES string of the molecule is Cc1ccc(OCCCCSc2ncccn2)c(C)c1. The second kappa shape index (κ2) is 7.90. The average molecular weight is 288 g/mol. The lowest BCUT2D eigenvalue weighted by atomic mass is 10.1. The largest absolute Gasteiger partial charge is 0.493 e. The topological polar surface area (TPSA) is 35.0 Å². The van der Waals surface area contributed by atoms with Crippen LogP contribution in [0.2, 0.25) is 0 Å². The van der Waals surface area contributed by atoms with Crippen molar-refractivity contribution in [1.82, 2.24) is 9.97 Å². The van der Waals surface area contributed by atoms with E-state index in [2.05, 4.69) is 42.0 Å². The van der Waals surface area contributed by atoms with Crippen LogP contribution in [0.15, 0.2) is 41.8 Å². The molecule has 0 aliphatic heterocycles. The van der Waals surface area contributed by atoms with Crippen LogP contribution in [0.1, 0.15) is 24.0 Å². The molecule has 0 saturated carbocycles. The Morgan fingerprint density at radius 1 is 1.10 bits per heavy atom. The van der Waals surface area contributed by atoms with E-state index in [1.54, 1.807) is 24.2 Å². The molecule has 0 unspecified atom stereocenters. The maximum absolute atomic E-state index is 5.80. The van der Waals surface area contributed by atoms with Gasteiger partial charge in [-0.3, -0.25) is 0 Å². The minimum Gasteiger partial charge on any atom is -0.493 e. The van der Waals surface area contributed by atoms with Gasteiger partial charge in [-0.25, -0.2) is 9.97 Å². The van der Waals surface area contributed by atoms with Gasteiger partial charge in [0.15, 0.2) is 5.16 Å². The molecule has 0 bridgehead atoms. The summed E-state index contributed by atoms with van der Waals surface area (Å²) in [5.74, 6) is 2.02. The molecule has 1 aromatic heterocycles. The molecule has 0 amide bonds. The summed E-state index contributed by atoms with van der Waals surface area (Å²) >= 11 is 1.69. The van der Waals surface area contributed by atoms with Crippen molar-refractivity contribution in [3.8, 4) is 5.75 Å². The molecule has 2 rings (SSSR count). The normalized spacial score (nSPS) is 10.5. The number of thioether (sulfide) groups is 1. The van der Waals surface area contributed by atoms with Gasteiger partial charge in [0.1, 0.15) is 5.75 Å². The lowest BCUT2D eigenvalue weighted by Gasteiger charge is -2.09. The number of ether oxygens (including phenoxy) is 1. The maximum atomic E-state index is 5.80. The second-order valence-corrected chi connectivity index (χ2v) is 5.77. The van der Waals surface area contributed by atoms with Crippen LogP contribution in [0.3, 0.4) is 0 Å². The van der Waals surface area contributed by atoms with Crippen LogP contribution in [0.4, 0.5) is 0 Å². The molecule has 1 heterocycles. The first-order valence-electron chi connectivity index (χ1n) is 6.85. The minimum atomic E-state index is 0.764. The van der Waals surface area contributed by atoms with E-state index in [-0.39, 0.29) is 0 Å². The smallest absolute Gasteiger partial charge is 0.187 e. The molecule has 20 heavy (non-hydrogen) atoms. The van der Waals surface area contributed by atoms with Crippen LogP contribution < -0.4 is 4.74 Å². The van der Waals surface area contributed by atoms with Gasteiger partial charge in [0.05, 0.1) is 6.61 Å². The van der Waals surface area contributed by atoms with Gasteiger partial charge < -0.3 is 4.74 Å². The van der Waals surface area contributed by atoms with Gasteiger partial charge in [-0.15, -0.1) is 0 Å². The highest BCUT2D eigenvalue weighted by atomic mass is 32.2. The standard InChI is InChI=1S/C16H20N2OS/c1-13-6-7-15(14(2)12-13)19-10-3-4-11-20-16-17-8-5-9-18-16/h5-9,12H,3-4,10-11H2,1-2H3. The fourth-order valence-electron chi connectivity index (χ4n) is 1.87. The van der Waals surface area contributed by atoms with Crippen LogP contribution in [0, 0.1) is 13.8 Å². The van der Waals surface area contributed by atoms with E-state index in [4.69, 9.17) is 4.74 Å². The van der Waals surface area contributed by atoms with Gasteiger partial charge >= 0.3 is 0 Å². The molecule has 2 aromatic rings. The Morgan fingerprint density at radius 3 is 2.65 bits per heavy atom. The summed E-state index contributed by atoms with van der Waals surface area (Å²) in [7, 11) is 0. The Balaban J connectivity index is 1.62. The molecule has 0 saturated heterocycles.